The maximum atomic E-state index is 12.7. The number of furan rings is 1. The Kier molecular flexibility index (Phi) is 3.71. The molecule has 0 spiro atoms. The van der Waals surface area contributed by atoms with Crippen molar-refractivity contribution in [2.75, 3.05) is 19.6 Å². The van der Waals surface area contributed by atoms with Gasteiger partial charge in [-0.15, -0.1) is 0 Å². The van der Waals surface area contributed by atoms with E-state index in [9.17, 15) is 4.79 Å². The van der Waals surface area contributed by atoms with Gasteiger partial charge in [-0.25, -0.2) is 9.97 Å². The van der Waals surface area contributed by atoms with Crippen LogP contribution in [0.3, 0.4) is 0 Å². The number of hydrogen-bond acceptors (Lipinski definition) is 5. The second kappa shape index (κ2) is 6.21. The minimum atomic E-state index is -0.121. The predicted molar refractivity (Wildman–Crippen MR) is 97.7 cm³/mol. The van der Waals surface area contributed by atoms with Gasteiger partial charge in [0.1, 0.15) is 11.9 Å². The Labute approximate surface area is 151 Å². The molecule has 1 aromatic carbocycles. The summed E-state index contributed by atoms with van der Waals surface area (Å²) in [6, 6.07) is 7.90. The van der Waals surface area contributed by atoms with E-state index in [0.717, 1.165) is 36.1 Å². The van der Waals surface area contributed by atoms with Gasteiger partial charge in [-0.1, -0.05) is 6.07 Å². The average molecular weight is 348 g/mol. The largest absolute Gasteiger partial charge is 0.451 e. The number of amides is 1. The molecule has 26 heavy (non-hydrogen) atoms. The summed E-state index contributed by atoms with van der Waals surface area (Å²) in [6.07, 6.45) is 7.41. The Bertz CT molecular complexity index is 945. The first-order valence-corrected chi connectivity index (χ1v) is 9.08. The molecule has 6 rings (SSSR count). The summed E-state index contributed by atoms with van der Waals surface area (Å²) in [6.45, 7) is 3.27. The quantitative estimate of drug-likeness (QED) is 0.788. The molecule has 5 heterocycles. The number of nitrogens with one attached hydrogen (secondary N) is 1. The Morgan fingerprint density at radius 2 is 1.92 bits per heavy atom. The lowest BCUT2D eigenvalue weighted by atomic mass is 9.84. The van der Waals surface area contributed by atoms with Gasteiger partial charge in [0.15, 0.2) is 5.76 Å². The normalized spacial score (nSPS) is 24.7. The Morgan fingerprint density at radius 3 is 2.65 bits per heavy atom. The maximum Gasteiger partial charge on any atom is 0.287 e. The summed E-state index contributed by atoms with van der Waals surface area (Å²) in [4.78, 5) is 23.2. The molecule has 3 aliphatic heterocycles. The highest BCUT2D eigenvalue weighted by Gasteiger charge is 2.35. The van der Waals surface area contributed by atoms with E-state index >= 15 is 0 Å². The minimum Gasteiger partial charge on any atom is -0.451 e. The second-order valence-corrected chi connectivity index (χ2v) is 7.21. The highest BCUT2D eigenvalue weighted by molar-refractivity contribution is 5.97. The fourth-order valence-corrected chi connectivity index (χ4v) is 4.15. The summed E-state index contributed by atoms with van der Waals surface area (Å²) in [5.41, 5.74) is 2.65. The monoisotopic (exact) mass is 348 g/mol. The lowest BCUT2D eigenvalue weighted by molar-refractivity contribution is 0.0607. The van der Waals surface area contributed by atoms with E-state index in [0.29, 0.717) is 17.3 Å². The van der Waals surface area contributed by atoms with E-state index in [4.69, 9.17) is 4.42 Å². The molecule has 0 aliphatic carbocycles. The number of fused-ring (bicyclic) bond motifs is 4. The molecule has 132 valence electrons. The van der Waals surface area contributed by atoms with Gasteiger partial charge in [-0.2, -0.15) is 0 Å². The number of carbonyl (C=O) groups excluding carboxylic acids is 1. The molecular formula is C20H20N4O2. The number of piperidine rings is 3. The molecule has 0 radical (unpaired) electrons. The third-order valence-corrected chi connectivity index (χ3v) is 5.61. The third kappa shape index (κ3) is 2.76. The third-order valence-electron chi connectivity index (χ3n) is 5.61. The maximum absolute atomic E-state index is 12.7. The van der Waals surface area contributed by atoms with Gasteiger partial charge in [-0.05, 0) is 55.6 Å². The molecule has 6 heteroatoms. The Hall–Kier alpha value is -2.73. The molecule has 0 saturated carbocycles. The van der Waals surface area contributed by atoms with E-state index in [-0.39, 0.29) is 11.9 Å². The van der Waals surface area contributed by atoms with E-state index in [1.54, 1.807) is 12.4 Å². The Morgan fingerprint density at radius 1 is 1.12 bits per heavy atom. The van der Waals surface area contributed by atoms with Crippen LogP contribution in [0.2, 0.25) is 0 Å². The van der Waals surface area contributed by atoms with Crippen LogP contribution in [0.1, 0.15) is 23.4 Å². The molecule has 2 aromatic heterocycles. The zero-order chi connectivity index (χ0) is 17.5. The van der Waals surface area contributed by atoms with E-state index in [2.05, 4.69) is 20.2 Å². The van der Waals surface area contributed by atoms with Crippen LogP contribution in [0.25, 0.3) is 22.1 Å². The van der Waals surface area contributed by atoms with Crippen molar-refractivity contribution in [2.24, 2.45) is 5.92 Å². The smallest absolute Gasteiger partial charge is 0.287 e. The fraction of sp³-hybridized carbons (Fsp3) is 0.350. The van der Waals surface area contributed by atoms with E-state index < -0.39 is 0 Å². The van der Waals surface area contributed by atoms with Gasteiger partial charge in [0, 0.05) is 35.9 Å². The van der Waals surface area contributed by atoms with Crippen molar-refractivity contribution in [1.82, 2.24) is 20.2 Å². The summed E-state index contributed by atoms with van der Waals surface area (Å²) in [7, 11) is 0. The van der Waals surface area contributed by atoms with Crippen molar-refractivity contribution < 1.29 is 9.21 Å². The van der Waals surface area contributed by atoms with Crippen LogP contribution < -0.4 is 5.32 Å². The molecule has 1 atom stereocenters. The van der Waals surface area contributed by atoms with Crippen molar-refractivity contribution in [1.29, 1.82) is 0 Å². The first kappa shape index (κ1) is 15.5. The van der Waals surface area contributed by atoms with Crippen molar-refractivity contribution in [2.45, 2.75) is 18.9 Å². The van der Waals surface area contributed by atoms with Crippen molar-refractivity contribution >= 4 is 16.9 Å². The average Bonchev–Trinajstić information content (AvgIpc) is 3.13. The number of aromatic nitrogens is 2. The highest BCUT2D eigenvalue weighted by Crippen LogP contribution is 2.29. The van der Waals surface area contributed by atoms with Crippen molar-refractivity contribution in [3.05, 3.63) is 48.7 Å². The minimum absolute atomic E-state index is 0.121. The summed E-state index contributed by atoms with van der Waals surface area (Å²) in [5, 5.41) is 4.09. The van der Waals surface area contributed by atoms with E-state index in [1.807, 2.05) is 24.3 Å². The molecule has 3 aromatic rings. The lowest BCUT2D eigenvalue weighted by Crippen LogP contribution is -2.57. The van der Waals surface area contributed by atoms with Crippen LogP contribution in [0.4, 0.5) is 0 Å². The summed E-state index contributed by atoms with van der Waals surface area (Å²) < 4.78 is 5.79. The van der Waals surface area contributed by atoms with Crippen LogP contribution in [0.5, 0.6) is 0 Å². The first-order valence-electron chi connectivity index (χ1n) is 9.08. The number of benzene rings is 1. The first-order chi connectivity index (χ1) is 12.8. The van der Waals surface area contributed by atoms with Gasteiger partial charge in [0.25, 0.3) is 5.91 Å². The zero-order valence-electron chi connectivity index (χ0n) is 14.4. The molecule has 3 fully saturated rings. The topological polar surface area (TPSA) is 71.3 Å². The summed E-state index contributed by atoms with van der Waals surface area (Å²) >= 11 is 0. The van der Waals surface area contributed by atoms with Crippen LogP contribution in [-0.2, 0) is 0 Å². The van der Waals surface area contributed by atoms with Gasteiger partial charge in [0.2, 0.25) is 0 Å². The predicted octanol–water partition coefficient (Wildman–Crippen LogP) is 2.71. The van der Waals surface area contributed by atoms with Crippen LogP contribution >= 0.6 is 0 Å². The molecule has 3 aliphatic rings. The number of nitrogens with zero attached hydrogens (tertiary/aromatic N) is 3. The Balaban J connectivity index is 1.38. The zero-order valence-corrected chi connectivity index (χ0v) is 14.4. The van der Waals surface area contributed by atoms with Crippen molar-refractivity contribution in [3.8, 4) is 11.1 Å². The van der Waals surface area contributed by atoms with Crippen LogP contribution in [0.15, 0.2) is 47.4 Å². The number of hydrogen-bond donors (Lipinski definition) is 1. The van der Waals surface area contributed by atoms with Gasteiger partial charge in [0.05, 0.1) is 0 Å². The fourth-order valence-electron chi connectivity index (χ4n) is 4.15. The van der Waals surface area contributed by atoms with Crippen LogP contribution in [-0.4, -0.2) is 46.5 Å². The SMILES string of the molecule is O=C(N[C@H]1CN2CCC1CC2)c1cc2cc(-c3cncnc3)ccc2o1. The number of rotatable bonds is 3. The van der Waals surface area contributed by atoms with Gasteiger partial charge in [-0.3, -0.25) is 4.79 Å². The molecule has 1 N–H and O–H groups in total. The molecule has 0 unspecified atom stereocenters. The highest BCUT2D eigenvalue weighted by atomic mass is 16.3. The molecule has 6 nitrogen and oxygen atoms in total. The van der Waals surface area contributed by atoms with Crippen LogP contribution in [0, 0.1) is 5.92 Å². The van der Waals surface area contributed by atoms with E-state index in [1.165, 1.54) is 19.2 Å². The van der Waals surface area contributed by atoms with Gasteiger partial charge >= 0.3 is 0 Å². The molecule has 3 saturated heterocycles. The second-order valence-electron chi connectivity index (χ2n) is 7.21. The molecule has 1 amide bonds. The molecule has 2 bridgehead atoms. The summed E-state index contributed by atoms with van der Waals surface area (Å²) in [5.74, 6) is 0.848. The van der Waals surface area contributed by atoms with Crippen molar-refractivity contribution in [3.63, 3.8) is 0 Å². The van der Waals surface area contributed by atoms with Gasteiger partial charge < -0.3 is 14.6 Å². The standard InChI is InChI=1S/C20H20N4O2/c25-20(23-17-11-24-5-3-13(17)4-6-24)19-8-15-7-14(1-2-18(15)26-19)16-9-21-12-22-10-16/h1-2,7-10,12-13,17H,3-6,11H2,(H,23,25)/t17-/m0/s1. The lowest BCUT2D eigenvalue weighted by Gasteiger charge is -2.44. The number of carbonyl (C=O) groups is 1. The molecular weight excluding hydrogens is 328 g/mol.